The Hall–Kier alpha value is -2.10. The van der Waals surface area contributed by atoms with Crippen LogP contribution < -0.4 is 16.4 Å². The van der Waals surface area contributed by atoms with Crippen LogP contribution in [-0.4, -0.2) is 58.0 Å². The minimum Gasteiger partial charge on any atom is -0.480 e. The van der Waals surface area contributed by atoms with Crippen molar-refractivity contribution < 1.29 is 24.6 Å². The Morgan fingerprint density at radius 3 is 2.16 bits per heavy atom. The Morgan fingerprint density at radius 2 is 1.68 bits per heavy atom. The summed E-state index contributed by atoms with van der Waals surface area (Å²) in [5.41, 5.74) is 6.25. The fourth-order valence-corrected chi connectivity index (χ4v) is 2.26. The van der Waals surface area contributed by atoms with E-state index in [9.17, 15) is 24.6 Å². The number of carboxylic acid groups (broad SMARTS) is 1. The summed E-state index contributed by atoms with van der Waals surface area (Å²) in [7, 11) is 0. The highest BCUT2D eigenvalue weighted by molar-refractivity contribution is 7.80. The largest absolute Gasteiger partial charge is 0.480 e. The van der Waals surface area contributed by atoms with E-state index in [2.05, 4.69) is 23.3 Å². The van der Waals surface area contributed by atoms with Crippen LogP contribution in [-0.2, 0) is 20.8 Å². The third-order valence-electron chi connectivity index (χ3n) is 3.54. The number of carbonyl (C=O) groups is 3. The second-order valence-corrected chi connectivity index (χ2v) is 5.96. The monoisotopic (exact) mass is 369 g/mol. The van der Waals surface area contributed by atoms with Crippen molar-refractivity contribution in [1.29, 1.82) is 0 Å². The first-order valence-corrected chi connectivity index (χ1v) is 8.31. The molecular formula is C16H23N3O5S. The summed E-state index contributed by atoms with van der Waals surface area (Å²) in [4.78, 5) is 35.5. The molecule has 0 radical (unpaired) electrons. The van der Waals surface area contributed by atoms with E-state index in [0.717, 1.165) is 5.56 Å². The van der Waals surface area contributed by atoms with E-state index in [1.807, 2.05) is 0 Å². The molecule has 0 aromatic heterocycles. The standard InChI is InChI=1S/C16H23N3O5S/c1-9(20)13(17)15(22)19-12(8-25)14(21)18-11(16(23)24)7-10-5-3-2-4-6-10/h2-6,9,11-13,20,25H,7-8,17H2,1H3,(H,18,21)(H,19,22)(H,23,24)/t9-,11+,12+,13+/m1/s1. The quantitative estimate of drug-likeness (QED) is 0.306. The second-order valence-electron chi connectivity index (χ2n) is 5.60. The highest BCUT2D eigenvalue weighted by Crippen LogP contribution is 2.04. The van der Waals surface area contributed by atoms with Gasteiger partial charge in [-0.3, -0.25) is 9.59 Å². The Balaban J connectivity index is 2.73. The average molecular weight is 369 g/mol. The van der Waals surface area contributed by atoms with Crippen LogP contribution >= 0.6 is 12.6 Å². The second kappa shape index (κ2) is 10.0. The van der Waals surface area contributed by atoms with E-state index in [4.69, 9.17) is 5.73 Å². The number of benzene rings is 1. The third kappa shape index (κ3) is 6.73. The summed E-state index contributed by atoms with van der Waals surface area (Å²) in [5, 5.41) is 23.4. The number of thiol groups is 1. The molecule has 0 bridgehead atoms. The highest BCUT2D eigenvalue weighted by atomic mass is 32.1. The average Bonchev–Trinajstić information content (AvgIpc) is 2.58. The van der Waals surface area contributed by atoms with Crippen molar-refractivity contribution in [3.05, 3.63) is 35.9 Å². The van der Waals surface area contributed by atoms with Gasteiger partial charge in [0.2, 0.25) is 11.8 Å². The molecule has 138 valence electrons. The number of aliphatic carboxylic acids is 1. The van der Waals surface area contributed by atoms with Crippen molar-refractivity contribution in [3.63, 3.8) is 0 Å². The maximum atomic E-state index is 12.3. The van der Waals surface area contributed by atoms with Crippen LogP contribution in [0.2, 0.25) is 0 Å². The van der Waals surface area contributed by atoms with Crippen LogP contribution in [0.4, 0.5) is 0 Å². The molecule has 0 spiro atoms. The summed E-state index contributed by atoms with van der Waals surface area (Å²) >= 11 is 4.00. The summed E-state index contributed by atoms with van der Waals surface area (Å²) < 4.78 is 0. The molecule has 0 unspecified atom stereocenters. The fourth-order valence-electron chi connectivity index (χ4n) is 2.00. The summed E-state index contributed by atoms with van der Waals surface area (Å²) in [6, 6.07) is 5.42. The van der Waals surface area contributed by atoms with Crippen molar-refractivity contribution in [2.75, 3.05) is 5.75 Å². The third-order valence-corrected chi connectivity index (χ3v) is 3.90. The maximum Gasteiger partial charge on any atom is 0.326 e. The van der Waals surface area contributed by atoms with Gasteiger partial charge < -0.3 is 26.6 Å². The molecule has 4 atom stereocenters. The minimum absolute atomic E-state index is 0.0538. The molecule has 6 N–H and O–H groups in total. The van der Waals surface area contributed by atoms with Gasteiger partial charge in [0.15, 0.2) is 0 Å². The van der Waals surface area contributed by atoms with Crippen molar-refractivity contribution in [3.8, 4) is 0 Å². The topological polar surface area (TPSA) is 142 Å². The fraction of sp³-hybridized carbons (Fsp3) is 0.438. The van der Waals surface area contributed by atoms with Gasteiger partial charge in [0.05, 0.1) is 6.10 Å². The number of carboxylic acids is 1. The van der Waals surface area contributed by atoms with Gasteiger partial charge in [0.1, 0.15) is 18.1 Å². The van der Waals surface area contributed by atoms with Gasteiger partial charge in [-0.2, -0.15) is 12.6 Å². The van der Waals surface area contributed by atoms with Gasteiger partial charge in [-0.1, -0.05) is 30.3 Å². The Morgan fingerprint density at radius 1 is 1.12 bits per heavy atom. The number of amides is 2. The van der Waals surface area contributed by atoms with Gasteiger partial charge in [0.25, 0.3) is 0 Å². The molecule has 0 saturated carbocycles. The predicted molar refractivity (Wildman–Crippen MR) is 95.2 cm³/mol. The molecule has 0 aliphatic heterocycles. The van der Waals surface area contributed by atoms with Gasteiger partial charge >= 0.3 is 5.97 Å². The van der Waals surface area contributed by atoms with Crippen LogP contribution in [0.5, 0.6) is 0 Å². The smallest absolute Gasteiger partial charge is 0.326 e. The molecule has 0 fully saturated rings. The van der Waals surface area contributed by atoms with E-state index in [1.54, 1.807) is 30.3 Å². The Labute approximate surface area is 151 Å². The molecule has 1 aromatic carbocycles. The first-order chi connectivity index (χ1) is 11.8. The van der Waals surface area contributed by atoms with Crippen molar-refractivity contribution >= 4 is 30.4 Å². The molecule has 0 aliphatic carbocycles. The van der Waals surface area contributed by atoms with Gasteiger partial charge in [-0.05, 0) is 12.5 Å². The molecule has 0 heterocycles. The normalized spacial score (nSPS) is 15.5. The molecule has 8 nitrogen and oxygen atoms in total. The molecule has 2 amide bonds. The SMILES string of the molecule is C[C@@H](O)[C@H](N)C(=O)N[C@@H](CS)C(=O)N[C@@H](Cc1ccccc1)C(=O)O. The van der Waals surface area contributed by atoms with E-state index in [-0.39, 0.29) is 12.2 Å². The molecule has 1 aromatic rings. The number of aliphatic hydroxyl groups is 1. The lowest BCUT2D eigenvalue weighted by Gasteiger charge is -2.22. The summed E-state index contributed by atoms with van der Waals surface area (Å²) in [5.74, 6) is -2.66. The number of carbonyl (C=O) groups excluding carboxylic acids is 2. The Kier molecular flexibility index (Phi) is 8.39. The molecule has 1 rings (SSSR count). The first-order valence-electron chi connectivity index (χ1n) is 7.68. The van der Waals surface area contributed by atoms with Gasteiger partial charge in [-0.15, -0.1) is 0 Å². The van der Waals surface area contributed by atoms with E-state index >= 15 is 0 Å². The zero-order valence-electron chi connectivity index (χ0n) is 13.8. The zero-order chi connectivity index (χ0) is 19.0. The van der Waals surface area contributed by atoms with Crippen molar-refractivity contribution in [2.24, 2.45) is 5.73 Å². The lowest BCUT2D eigenvalue weighted by atomic mass is 10.1. The summed E-state index contributed by atoms with van der Waals surface area (Å²) in [6.45, 7) is 1.35. The number of nitrogens with two attached hydrogens (primary N) is 1. The zero-order valence-corrected chi connectivity index (χ0v) is 14.6. The van der Waals surface area contributed by atoms with Crippen molar-refractivity contribution in [2.45, 2.75) is 37.6 Å². The minimum atomic E-state index is -1.20. The lowest BCUT2D eigenvalue weighted by molar-refractivity contribution is -0.142. The highest BCUT2D eigenvalue weighted by Gasteiger charge is 2.28. The maximum absolute atomic E-state index is 12.3. The van der Waals surface area contributed by atoms with E-state index < -0.39 is 42.0 Å². The number of aliphatic hydroxyl groups excluding tert-OH is 1. The number of hydrogen-bond donors (Lipinski definition) is 6. The van der Waals surface area contributed by atoms with Gasteiger partial charge in [-0.25, -0.2) is 4.79 Å². The number of rotatable bonds is 9. The van der Waals surface area contributed by atoms with Gasteiger partial charge in [0, 0.05) is 12.2 Å². The van der Waals surface area contributed by atoms with Crippen LogP contribution in [0, 0.1) is 0 Å². The van der Waals surface area contributed by atoms with Crippen LogP contribution in [0.15, 0.2) is 30.3 Å². The molecule has 9 heteroatoms. The van der Waals surface area contributed by atoms with Crippen LogP contribution in [0.3, 0.4) is 0 Å². The first kappa shape index (κ1) is 20.9. The molecular weight excluding hydrogens is 346 g/mol. The van der Waals surface area contributed by atoms with Crippen molar-refractivity contribution in [1.82, 2.24) is 10.6 Å². The summed E-state index contributed by atoms with van der Waals surface area (Å²) in [6.07, 6.45) is -0.990. The van der Waals surface area contributed by atoms with Crippen LogP contribution in [0.1, 0.15) is 12.5 Å². The van der Waals surface area contributed by atoms with E-state index in [0.29, 0.717) is 0 Å². The lowest BCUT2D eigenvalue weighted by Crippen LogP contribution is -2.57. The number of hydrogen-bond acceptors (Lipinski definition) is 6. The molecule has 25 heavy (non-hydrogen) atoms. The molecule has 0 saturated heterocycles. The van der Waals surface area contributed by atoms with E-state index in [1.165, 1.54) is 6.92 Å². The number of nitrogens with one attached hydrogen (secondary N) is 2. The van der Waals surface area contributed by atoms with Crippen LogP contribution in [0.25, 0.3) is 0 Å². The predicted octanol–water partition coefficient (Wildman–Crippen LogP) is -1.08. The molecule has 0 aliphatic rings. The Bertz CT molecular complexity index is 597.